The molecule has 2 saturated carbocycles. The summed E-state index contributed by atoms with van der Waals surface area (Å²) in [5.74, 6) is -2.11. The molecule has 490 valence electrons. The minimum absolute atomic E-state index is 0. The summed E-state index contributed by atoms with van der Waals surface area (Å²) >= 11 is 0. The van der Waals surface area contributed by atoms with Gasteiger partial charge in [0, 0.05) is 52.5 Å². The molecule has 3 fully saturated rings. The van der Waals surface area contributed by atoms with Crippen molar-refractivity contribution in [3.63, 3.8) is 0 Å². The number of carboxylic acids is 1. The molecule has 2 aliphatic carbocycles. The number of aromatic nitrogens is 2. The number of benzene rings is 3. The number of furan rings is 2. The van der Waals surface area contributed by atoms with Gasteiger partial charge in [0.2, 0.25) is 37.4 Å². The normalized spacial score (nSPS) is 15.1. The van der Waals surface area contributed by atoms with Gasteiger partial charge in [-0.3, -0.25) is 38.3 Å². The van der Waals surface area contributed by atoms with Gasteiger partial charge in [-0.2, -0.15) is 9.97 Å². The van der Waals surface area contributed by atoms with E-state index < -0.39 is 55.9 Å². The van der Waals surface area contributed by atoms with E-state index in [0.29, 0.717) is 57.4 Å². The van der Waals surface area contributed by atoms with E-state index in [9.17, 15) is 45.9 Å². The Hall–Kier alpha value is -7.71. The van der Waals surface area contributed by atoms with Crippen molar-refractivity contribution in [1.29, 1.82) is 0 Å². The third kappa shape index (κ3) is 17.3. The Morgan fingerprint density at radius 1 is 0.674 bits per heavy atom. The molecule has 1 aliphatic heterocycles. The second-order valence-electron chi connectivity index (χ2n) is 22.8. The van der Waals surface area contributed by atoms with E-state index in [1.807, 2.05) is 105 Å². The predicted octanol–water partition coefficient (Wildman–Crippen LogP) is 6.22. The summed E-state index contributed by atoms with van der Waals surface area (Å²) in [6.07, 6.45) is 6.54. The number of cyclic esters (lactones) is 1. The summed E-state index contributed by atoms with van der Waals surface area (Å²) in [4.78, 5) is 74.8. The molecule has 25 nitrogen and oxygen atoms in total. The van der Waals surface area contributed by atoms with Crippen LogP contribution in [0.25, 0.3) is 44.8 Å². The van der Waals surface area contributed by atoms with Crippen LogP contribution in [0, 0.1) is 25.7 Å². The van der Waals surface area contributed by atoms with Crippen molar-refractivity contribution in [3.05, 3.63) is 130 Å². The molecule has 92 heavy (non-hydrogen) atoms. The van der Waals surface area contributed by atoms with Gasteiger partial charge in [-0.05, 0) is 112 Å². The molecule has 3 atom stereocenters. The van der Waals surface area contributed by atoms with Crippen LogP contribution in [0.1, 0.15) is 112 Å². The number of nitrogens with one attached hydrogen (secondary N) is 2. The number of carbonyl (C=O) groups excluding carboxylic acids is 4. The van der Waals surface area contributed by atoms with Gasteiger partial charge < -0.3 is 44.3 Å². The quantitative estimate of drug-likeness (QED) is 0.0228. The first-order chi connectivity index (χ1) is 43.0. The number of sulfonamides is 2. The van der Waals surface area contributed by atoms with Crippen molar-refractivity contribution >= 4 is 83.7 Å². The third-order valence-corrected chi connectivity index (χ3v) is 18.3. The van der Waals surface area contributed by atoms with E-state index in [2.05, 4.69) is 15.6 Å². The largest absolute Gasteiger partial charge is 1.00 e. The second-order valence-corrected chi connectivity index (χ2v) is 26.6. The Bertz CT molecular complexity index is 3950. The van der Waals surface area contributed by atoms with E-state index in [-0.39, 0.29) is 123 Å². The maximum absolute atomic E-state index is 13.8. The van der Waals surface area contributed by atoms with Crippen LogP contribution < -0.4 is 38.1 Å². The number of methoxy groups -OCH3 is 2. The minimum Gasteiger partial charge on any atom is -0.870 e. The number of imide groups is 1. The van der Waals surface area contributed by atoms with Gasteiger partial charge in [0.1, 0.15) is 29.8 Å². The molecule has 0 spiro atoms. The fraction of sp³-hybridized carbons (Fsp3) is 0.422. The number of aryl methyl sites for hydroxylation is 2. The molecule has 0 bridgehead atoms. The van der Waals surface area contributed by atoms with Crippen molar-refractivity contribution in [3.8, 4) is 22.6 Å². The number of amides is 4. The number of hydrogen-bond donors (Lipinski definition) is 5. The third-order valence-electron chi connectivity index (χ3n) is 16.0. The van der Waals surface area contributed by atoms with Gasteiger partial charge in [0.15, 0.2) is 0 Å². The molecule has 0 unspecified atom stereocenters. The number of carboxylic acid groups (broad SMARTS) is 1. The molecule has 1 saturated heterocycles. The monoisotopic (exact) mass is 1300 g/mol. The average Bonchev–Trinajstić information content (AvgIpc) is 1.58. The fourth-order valence-corrected chi connectivity index (χ4v) is 13.0. The van der Waals surface area contributed by atoms with E-state index in [0.717, 1.165) is 66.0 Å². The standard InChI is InChI=1S/C37H42N4O8S.C27H33N3O7S.Li.H2O2.H2O/c1-23-12-14-26(15-13-23)32-31(34(42)38-2)30-20-29(25-16-17-25)33(39-35(30)49-32)40(50(4,45)46)18-8-11-27(21-47-3)36(43)41-28(22-48-37(41)44)19-24-9-6-5-7-10-24;1-16-7-9-18(10-8-16)23-22(25(31)28-2)21-14-20(17-11-12-17)24(29-26(21)37-23)30(38(4,34)35)13-5-6-19(15-36-3)27(32)33;;1-2;/h5-7,9-10,12-15,20,25,27-28H,8,11,16-19,21-22H2,1-4H3,(H,38,42);7-10,14,17,19H,5-6,11-13,15H2,1-4H3,(H,28,31)(H,32,33);;1-2H;1H2/q;;+1;;/p-1/t27-,28+;19-;;;/m11.../s1. The summed E-state index contributed by atoms with van der Waals surface area (Å²) in [6, 6.07) is 27.9. The second kappa shape index (κ2) is 32.2. The zero-order valence-corrected chi connectivity index (χ0v) is 54.6. The molecule has 28 heteroatoms. The summed E-state index contributed by atoms with van der Waals surface area (Å²) in [6.45, 7) is 4.20. The van der Waals surface area contributed by atoms with Gasteiger partial charge in [-0.25, -0.2) is 26.5 Å². The van der Waals surface area contributed by atoms with Crippen molar-refractivity contribution < 1.29 is 104 Å². The van der Waals surface area contributed by atoms with E-state index in [4.69, 9.17) is 38.5 Å². The SMILES string of the molecule is CNC(=O)c1c(-c2ccc(C)cc2)oc2nc(N(CCC[C@H](COC)C(=O)N3C(=O)OC[C@@H]3Cc3ccccc3)S(C)(=O)=O)c(C3CC3)cc12.CNC(=O)c1c(-c2ccc(C)cc2)oc2nc(N(CCC[C@H](COC)C(=O)O)S(C)(=O)=O)c(C3CC3)cc12.OO.[Li+].[OH-]. The Kier molecular flexibility index (Phi) is 25.7. The van der Waals surface area contributed by atoms with Crippen LogP contribution in [0.2, 0.25) is 0 Å². The summed E-state index contributed by atoms with van der Waals surface area (Å²) in [5.41, 5.74) is 6.94. The van der Waals surface area contributed by atoms with Gasteiger partial charge in [-0.1, -0.05) is 90.0 Å². The van der Waals surface area contributed by atoms with Crippen LogP contribution in [0.4, 0.5) is 16.4 Å². The maximum atomic E-state index is 13.8. The van der Waals surface area contributed by atoms with Crippen molar-refractivity contribution in [2.75, 3.05) is 82.3 Å². The first-order valence-electron chi connectivity index (χ1n) is 29.5. The molecular formula is C64H78LiN7O18S2. The number of carbonyl (C=O) groups is 5. The van der Waals surface area contributed by atoms with Crippen LogP contribution >= 0.6 is 0 Å². The summed E-state index contributed by atoms with van der Waals surface area (Å²) in [7, 11) is -1.59. The molecule has 3 aliphatic rings. The number of rotatable bonds is 26. The van der Waals surface area contributed by atoms with E-state index >= 15 is 0 Å². The molecule has 3 aromatic carbocycles. The van der Waals surface area contributed by atoms with Crippen LogP contribution in [-0.2, 0) is 50.3 Å². The number of ether oxygens (including phenoxy) is 3. The molecular weight excluding hydrogens is 1230 g/mol. The molecule has 7 aromatic rings. The number of hydrogen-bond acceptors (Lipinski definition) is 19. The van der Waals surface area contributed by atoms with Gasteiger partial charge in [0.25, 0.3) is 11.8 Å². The Labute approximate surface area is 546 Å². The van der Waals surface area contributed by atoms with Crippen LogP contribution in [0.15, 0.2) is 99.8 Å². The Morgan fingerprint density at radius 3 is 1.47 bits per heavy atom. The number of nitrogens with zero attached hydrogens (tertiary/aromatic N) is 5. The fourth-order valence-electron chi connectivity index (χ4n) is 11.1. The maximum Gasteiger partial charge on any atom is 1.00 e. The number of anilines is 2. The number of aliphatic carboxylic acids is 1. The van der Waals surface area contributed by atoms with Crippen molar-refractivity contribution in [2.45, 2.75) is 89.5 Å². The van der Waals surface area contributed by atoms with Crippen LogP contribution in [0.3, 0.4) is 0 Å². The first kappa shape index (κ1) is 73.3. The average molecular weight is 1300 g/mol. The Morgan fingerprint density at radius 2 is 1.09 bits per heavy atom. The molecule has 6 N–H and O–H groups in total. The van der Waals surface area contributed by atoms with Gasteiger partial charge in [0.05, 0.1) is 65.5 Å². The van der Waals surface area contributed by atoms with Crippen LogP contribution in [0.5, 0.6) is 0 Å². The summed E-state index contributed by atoms with van der Waals surface area (Å²) in [5, 5.41) is 27.8. The predicted molar refractivity (Wildman–Crippen MR) is 340 cm³/mol. The van der Waals surface area contributed by atoms with Crippen molar-refractivity contribution in [1.82, 2.24) is 25.5 Å². The number of pyridine rings is 2. The smallest absolute Gasteiger partial charge is 0.870 e. The van der Waals surface area contributed by atoms with E-state index in [1.165, 1.54) is 27.7 Å². The first-order valence-corrected chi connectivity index (χ1v) is 33.2. The van der Waals surface area contributed by atoms with Crippen molar-refractivity contribution in [2.24, 2.45) is 11.8 Å². The zero-order chi connectivity index (χ0) is 65.2. The zero-order valence-electron chi connectivity index (χ0n) is 53.0. The summed E-state index contributed by atoms with van der Waals surface area (Å²) < 4.78 is 83.1. The molecule has 10 rings (SSSR count). The molecule has 5 heterocycles. The van der Waals surface area contributed by atoms with Crippen LogP contribution in [-0.4, -0.2) is 162 Å². The topological polar surface area (TPSA) is 358 Å². The Balaban J connectivity index is 0.000000288. The van der Waals surface area contributed by atoms with E-state index in [1.54, 1.807) is 14.1 Å². The molecule has 0 radical (unpaired) electrons. The van der Waals surface area contributed by atoms with Gasteiger partial charge in [-0.15, -0.1) is 0 Å². The van der Waals surface area contributed by atoms with Gasteiger partial charge >= 0.3 is 30.9 Å². The molecule has 4 aromatic heterocycles. The molecule has 4 amide bonds. The number of fused-ring (bicyclic) bond motifs is 2. The minimum atomic E-state index is -3.85.